The van der Waals surface area contributed by atoms with E-state index in [2.05, 4.69) is 18.7 Å². The van der Waals surface area contributed by atoms with Crippen LogP contribution in [0.5, 0.6) is 0 Å². The van der Waals surface area contributed by atoms with Crippen molar-refractivity contribution in [2.24, 2.45) is 5.73 Å². The van der Waals surface area contributed by atoms with E-state index in [-0.39, 0.29) is 12.0 Å². The molecule has 0 aromatic rings. The van der Waals surface area contributed by atoms with Gasteiger partial charge in [-0.05, 0) is 19.5 Å². The Morgan fingerprint density at radius 1 is 1.53 bits per heavy atom. The number of ether oxygens (including phenoxy) is 1. The summed E-state index contributed by atoms with van der Waals surface area (Å²) in [7, 11) is 0. The molecule has 1 rings (SSSR count). The van der Waals surface area contributed by atoms with Crippen molar-refractivity contribution < 1.29 is 9.53 Å². The summed E-state index contributed by atoms with van der Waals surface area (Å²) in [4.78, 5) is 13.9. The molecule has 0 radical (unpaired) electrons. The van der Waals surface area contributed by atoms with Crippen LogP contribution in [0.2, 0.25) is 0 Å². The van der Waals surface area contributed by atoms with E-state index < -0.39 is 0 Å². The number of nitrogens with two attached hydrogens (primary N) is 1. The van der Waals surface area contributed by atoms with Crippen LogP contribution >= 0.6 is 0 Å². The van der Waals surface area contributed by atoms with Crippen molar-refractivity contribution in [2.75, 3.05) is 26.2 Å². The van der Waals surface area contributed by atoms with Crippen LogP contribution in [0.3, 0.4) is 0 Å². The van der Waals surface area contributed by atoms with Crippen molar-refractivity contribution in [3.05, 3.63) is 23.8 Å². The van der Waals surface area contributed by atoms with E-state index in [1.54, 1.807) is 6.08 Å². The summed E-state index contributed by atoms with van der Waals surface area (Å²) in [5.74, 6) is -0.250. The molecular formula is C13H22N2O2. The van der Waals surface area contributed by atoms with E-state index in [1.165, 1.54) is 0 Å². The van der Waals surface area contributed by atoms with Gasteiger partial charge in [0.2, 0.25) is 0 Å². The lowest BCUT2D eigenvalue weighted by atomic mass is 10.0. The van der Waals surface area contributed by atoms with Gasteiger partial charge in [0.15, 0.2) is 0 Å². The van der Waals surface area contributed by atoms with Crippen molar-refractivity contribution in [3.63, 3.8) is 0 Å². The van der Waals surface area contributed by atoms with Crippen LogP contribution in [0.25, 0.3) is 0 Å². The fourth-order valence-electron chi connectivity index (χ4n) is 1.68. The van der Waals surface area contributed by atoms with Gasteiger partial charge in [-0.2, -0.15) is 0 Å². The molecule has 0 bridgehead atoms. The summed E-state index contributed by atoms with van der Waals surface area (Å²) in [5.41, 5.74) is 6.30. The molecule has 1 unspecified atom stereocenters. The number of carbonyl (C=O) groups is 1. The molecule has 0 heterocycles. The van der Waals surface area contributed by atoms with Crippen LogP contribution in [-0.2, 0) is 9.53 Å². The van der Waals surface area contributed by atoms with E-state index in [0.29, 0.717) is 18.6 Å². The summed E-state index contributed by atoms with van der Waals surface area (Å²) < 4.78 is 5.21. The van der Waals surface area contributed by atoms with Gasteiger partial charge >= 0.3 is 5.97 Å². The predicted molar refractivity (Wildman–Crippen MR) is 68.6 cm³/mol. The van der Waals surface area contributed by atoms with Crippen LogP contribution in [0.4, 0.5) is 0 Å². The second-order valence-corrected chi connectivity index (χ2v) is 4.08. The van der Waals surface area contributed by atoms with Gasteiger partial charge in [-0.1, -0.05) is 32.1 Å². The van der Waals surface area contributed by atoms with Crippen molar-refractivity contribution in [2.45, 2.75) is 26.3 Å². The third-order valence-electron chi connectivity index (χ3n) is 2.90. The van der Waals surface area contributed by atoms with Crippen molar-refractivity contribution in [1.29, 1.82) is 0 Å². The number of rotatable bonds is 6. The Balaban J connectivity index is 2.28. The molecular weight excluding hydrogens is 216 g/mol. The molecule has 1 aliphatic rings. The molecule has 4 nitrogen and oxygen atoms in total. The highest BCUT2D eigenvalue weighted by atomic mass is 16.5. The Labute approximate surface area is 103 Å². The largest absolute Gasteiger partial charge is 0.461 e. The minimum atomic E-state index is -0.250. The number of esters is 1. The number of nitrogens with zero attached hydrogens (tertiary/aromatic N) is 1. The molecule has 1 atom stereocenters. The first-order valence-electron chi connectivity index (χ1n) is 6.20. The number of hydrogen-bond acceptors (Lipinski definition) is 4. The maximum absolute atomic E-state index is 11.7. The molecule has 4 heteroatoms. The molecule has 2 N–H and O–H groups in total. The first kappa shape index (κ1) is 13.9. The number of likely N-dealkylation sites (N-methyl/N-ethyl adjacent to an activating group) is 1. The van der Waals surface area contributed by atoms with Crippen molar-refractivity contribution in [1.82, 2.24) is 4.90 Å². The third kappa shape index (κ3) is 4.71. The molecule has 0 amide bonds. The average Bonchev–Trinajstić information content (AvgIpc) is 2.35. The lowest BCUT2D eigenvalue weighted by Crippen LogP contribution is -2.28. The first-order chi connectivity index (χ1) is 8.17. The quantitative estimate of drug-likeness (QED) is 0.704. The van der Waals surface area contributed by atoms with Gasteiger partial charge in [0, 0.05) is 12.6 Å². The topological polar surface area (TPSA) is 55.6 Å². The fourth-order valence-corrected chi connectivity index (χ4v) is 1.68. The minimum Gasteiger partial charge on any atom is -0.461 e. The van der Waals surface area contributed by atoms with Gasteiger partial charge in [0.25, 0.3) is 0 Å². The lowest BCUT2D eigenvalue weighted by molar-refractivity contribution is -0.139. The first-order valence-corrected chi connectivity index (χ1v) is 6.20. The monoisotopic (exact) mass is 238 g/mol. The zero-order chi connectivity index (χ0) is 12.7. The average molecular weight is 238 g/mol. The standard InChI is InChI=1S/C13H22N2O2/c1-3-15(4-2)9-10-17-13(16)11-5-7-12(14)8-6-11/h5-7,12H,3-4,8-10,14H2,1-2H3. The SMILES string of the molecule is CCN(CC)CCOC(=O)C1=CCC(N)C=C1. The summed E-state index contributed by atoms with van der Waals surface area (Å²) in [6, 6.07) is 0.0298. The normalized spacial score (nSPS) is 19.3. The summed E-state index contributed by atoms with van der Waals surface area (Å²) in [6.07, 6.45) is 6.12. The van der Waals surface area contributed by atoms with Gasteiger partial charge in [0.05, 0.1) is 5.57 Å². The third-order valence-corrected chi connectivity index (χ3v) is 2.90. The highest BCUT2D eigenvalue weighted by molar-refractivity contribution is 5.91. The van der Waals surface area contributed by atoms with E-state index in [0.717, 1.165) is 19.6 Å². The lowest BCUT2D eigenvalue weighted by Gasteiger charge is -2.18. The zero-order valence-corrected chi connectivity index (χ0v) is 10.7. The predicted octanol–water partition coefficient (Wildman–Crippen LogP) is 1.08. The van der Waals surface area contributed by atoms with Crippen molar-refractivity contribution >= 4 is 5.97 Å². The molecule has 0 saturated carbocycles. The van der Waals surface area contributed by atoms with Gasteiger partial charge in [-0.3, -0.25) is 0 Å². The molecule has 96 valence electrons. The van der Waals surface area contributed by atoms with E-state index >= 15 is 0 Å². The second-order valence-electron chi connectivity index (χ2n) is 4.08. The Morgan fingerprint density at radius 2 is 2.24 bits per heavy atom. The van der Waals surface area contributed by atoms with Crippen LogP contribution in [-0.4, -0.2) is 43.2 Å². The number of hydrogen-bond donors (Lipinski definition) is 1. The molecule has 0 spiro atoms. The molecule has 0 aromatic heterocycles. The van der Waals surface area contributed by atoms with Gasteiger partial charge in [0.1, 0.15) is 6.61 Å². The Hall–Kier alpha value is -1.13. The van der Waals surface area contributed by atoms with Crippen molar-refractivity contribution in [3.8, 4) is 0 Å². The van der Waals surface area contributed by atoms with Gasteiger partial charge < -0.3 is 15.4 Å². The highest BCUT2D eigenvalue weighted by Gasteiger charge is 2.12. The molecule has 0 saturated heterocycles. The van der Waals surface area contributed by atoms with Crippen LogP contribution < -0.4 is 5.73 Å². The molecule has 1 aliphatic carbocycles. The maximum atomic E-state index is 11.7. The van der Waals surface area contributed by atoms with Crippen LogP contribution in [0, 0.1) is 0 Å². The minimum absolute atomic E-state index is 0.0298. The molecule has 0 aliphatic heterocycles. The van der Waals surface area contributed by atoms with Gasteiger partial charge in [-0.15, -0.1) is 0 Å². The molecule has 0 aromatic carbocycles. The summed E-state index contributed by atoms with van der Waals surface area (Å²) in [5, 5.41) is 0. The Morgan fingerprint density at radius 3 is 2.76 bits per heavy atom. The number of carbonyl (C=O) groups excluding carboxylic acids is 1. The summed E-state index contributed by atoms with van der Waals surface area (Å²) in [6.45, 7) is 7.38. The van der Waals surface area contributed by atoms with Crippen LogP contribution in [0.15, 0.2) is 23.8 Å². The smallest absolute Gasteiger partial charge is 0.337 e. The van der Waals surface area contributed by atoms with E-state index in [4.69, 9.17) is 10.5 Å². The van der Waals surface area contributed by atoms with Crippen LogP contribution in [0.1, 0.15) is 20.3 Å². The molecule has 0 fully saturated rings. The zero-order valence-electron chi connectivity index (χ0n) is 10.7. The van der Waals surface area contributed by atoms with E-state index in [1.807, 2.05) is 12.2 Å². The Bertz CT molecular complexity index is 307. The second kappa shape index (κ2) is 7.25. The highest BCUT2D eigenvalue weighted by Crippen LogP contribution is 2.10. The van der Waals surface area contributed by atoms with E-state index in [9.17, 15) is 4.79 Å². The fraction of sp³-hybridized carbons (Fsp3) is 0.615. The summed E-state index contributed by atoms with van der Waals surface area (Å²) >= 11 is 0. The Kier molecular flexibility index (Phi) is 5.94. The molecule has 17 heavy (non-hydrogen) atoms. The maximum Gasteiger partial charge on any atom is 0.337 e. The van der Waals surface area contributed by atoms with Gasteiger partial charge in [-0.25, -0.2) is 4.79 Å².